The van der Waals surface area contributed by atoms with E-state index in [1.54, 1.807) is 54.6 Å². The van der Waals surface area contributed by atoms with Gasteiger partial charge in [-0.15, -0.1) is 0 Å². The topological polar surface area (TPSA) is 112 Å². The highest BCUT2D eigenvalue weighted by atomic mass is 19.4. The highest BCUT2D eigenvalue weighted by molar-refractivity contribution is 5.70. The molecule has 12 heteroatoms. The fourth-order valence-electron chi connectivity index (χ4n) is 4.60. The van der Waals surface area contributed by atoms with Crippen molar-refractivity contribution in [1.82, 2.24) is 18.9 Å². The Morgan fingerprint density at radius 2 is 1.67 bits per heavy atom. The van der Waals surface area contributed by atoms with Crippen molar-refractivity contribution in [3.8, 4) is 28.7 Å². The highest BCUT2D eigenvalue weighted by Gasteiger charge is 2.31. The summed E-state index contributed by atoms with van der Waals surface area (Å²) in [7, 11) is 0. The molecule has 0 aliphatic rings. The van der Waals surface area contributed by atoms with Gasteiger partial charge in [-0.05, 0) is 61.0 Å². The third kappa shape index (κ3) is 5.87. The number of ether oxygens (including phenoxy) is 1. The quantitative estimate of drug-likeness (QED) is 0.254. The van der Waals surface area contributed by atoms with Gasteiger partial charge in [0.2, 0.25) is 0 Å². The van der Waals surface area contributed by atoms with Crippen LogP contribution in [0.4, 0.5) is 13.2 Å². The van der Waals surface area contributed by atoms with E-state index in [1.165, 1.54) is 29.9 Å². The maximum Gasteiger partial charge on any atom is 0.416 e. The molecule has 0 fully saturated rings. The van der Waals surface area contributed by atoms with Crippen molar-refractivity contribution in [3.05, 3.63) is 134 Å². The number of aromatic nitrogens is 4. The lowest BCUT2D eigenvalue weighted by atomic mass is 10.1. The van der Waals surface area contributed by atoms with E-state index in [4.69, 9.17) is 10.00 Å². The molecule has 216 valence electrons. The number of carbonyl (C=O) groups excluding carboxylic acids is 1. The lowest BCUT2D eigenvalue weighted by Crippen LogP contribution is -2.43. The first-order valence-electron chi connectivity index (χ1n) is 12.9. The zero-order valence-corrected chi connectivity index (χ0v) is 22.6. The van der Waals surface area contributed by atoms with Gasteiger partial charge in [-0.2, -0.15) is 23.5 Å². The molecular formula is C31H22F3N5O4. The maximum absolute atomic E-state index is 13.9. The van der Waals surface area contributed by atoms with Crippen LogP contribution in [0.2, 0.25) is 0 Å². The Hall–Kier alpha value is -5.70. The summed E-state index contributed by atoms with van der Waals surface area (Å²) in [5, 5.41) is 13.4. The smallest absolute Gasteiger partial charge is 0.416 e. The number of benzene rings is 3. The molecule has 5 rings (SSSR count). The second kappa shape index (κ2) is 11.7. The molecule has 0 aliphatic carbocycles. The molecule has 0 aliphatic heterocycles. The van der Waals surface area contributed by atoms with E-state index in [9.17, 15) is 27.6 Å². The van der Waals surface area contributed by atoms with Crippen LogP contribution in [0.15, 0.2) is 101 Å². The summed E-state index contributed by atoms with van der Waals surface area (Å²) < 4.78 is 49.0. The molecule has 0 amide bonds. The van der Waals surface area contributed by atoms with Gasteiger partial charge in [-0.25, -0.2) is 14.0 Å². The standard InChI is InChI=1S/C31H22F3N5O4/c1-20-28(26-14-15-36-39(26)24-12-10-21(17-35)11-13-24)29(41)37(18-27(40)43-19-22-6-3-2-4-7-22)30(42)38(20)25-9-5-8-23(16-25)31(32,33)34/h2-16H,18-19H2,1H3. The molecule has 0 saturated carbocycles. The van der Waals surface area contributed by atoms with Crippen molar-refractivity contribution < 1.29 is 22.7 Å². The molecule has 0 radical (unpaired) electrons. The summed E-state index contributed by atoms with van der Waals surface area (Å²) in [6, 6.07) is 22.7. The third-order valence-electron chi connectivity index (χ3n) is 6.68. The summed E-state index contributed by atoms with van der Waals surface area (Å²) in [6.07, 6.45) is -3.29. The van der Waals surface area contributed by atoms with Gasteiger partial charge in [0.15, 0.2) is 0 Å². The van der Waals surface area contributed by atoms with Crippen LogP contribution >= 0.6 is 0 Å². The Balaban J connectivity index is 1.68. The highest BCUT2D eigenvalue weighted by Crippen LogP contribution is 2.31. The van der Waals surface area contributed by atoms with Crippen LogP contribution < -0.4 is 11.2 Å². The molecule has 43 heavy (non-hydrogen) atoms. The summed E-state index contributed by atoms with van der Waals surface area (Å²) in [6.45, 7) is 0.523. The molecule has 2 aromatic heterocycles. The van der Waals surface area contributed by atoms with Gasteiger partial charge in [0.1, 0.15) is 13.2 Å². The summed E-state index contributed by atoms with van der Waals surface area (Å²) >= 11 is 0. The molecule has 2 heterocycles. The summed E-state index contributed by atoms with van der Waals surface area (Å²) in [4.78, 5) is 40.4. The molecule has 0 unspecified atom stereocenters. The number of hydrogen-bond donors (Lipinski definition) is 0. The molecule has 3 aromatic carbocycles. The van der Waals surface area contributed by atoms with Crippen LogP contribution in [0.1, 0.15) is 22.4 Å². The first-order valence-corrected chi connectivity index (χ1v) is 12.9. The molecule has 9 nitrogen and oxygen atoms in total. The van der Waals surface area contributed by atoms with Gasteiger partial charge >= 0.3 is 17.8 Å². The molecule has 0 atom stereocenters. The predicted octanol–water partition coefficient (Wildman–Crippen LogP) is 4.79. The van der Waals surface area contributed by atoms with Crippen molar-refractivity contribution in [1.29, 1.82) is 5.26 Å². The largest absolute Gasteiger partial charge is 0.459 e. The number of rotatable bonds is 7. The molecule has 0 N–H and O–H groups in total. The van der Waals surface area contributed by atoms with E-state index in [0.29, 0.717) is 21.4 Å². The lowest BCUT2D eigenvalue weighted by Gasteiger charge is -2.19. The summed E-state index contributed by atoms with van der Waals surface area (Å²) in [5.74, 6) is -0.894. The average molecular weight is 586 g/mol. The first kappa shape index (κ1) is 28.8. The Bertz CT molecular complexity index is 1970. The molecule has 0 saturated heterocycles. The van der Waals surface area contributed by atoms with E-state index < -0.39 is 35.5 Å². The van der Waals surface area contributed by atoms with Crippen LogP contribution in [-0.4, -0.2) is 24.9 Å². The van der Waals surface area contributed by atoms with Gasteiger partial charge < -0.3 is 4.74 Å². The van der Waals surface area contributed by atoms with Crippen LogP contribution in [0, 0.1) is 18.3 Å². The number of nitriles is 1. The number of alkyl halides is 3. The van der Waals surface area contributed by atoms with Gasteiger partial charge in [0.05, 0.1) is 46.0 Å². The van der Waals surface area contributed by atoms with Gasteiger partial charge in [-0.3, -0.25) is 14.2 Å². The fourth-order valence-corrected chi connectivity index (χ4v) is 4.60. The van der Waals surface area contributed by atoms with Crippen molar-refractivity contribution in [2.24, 2.45) is 0 Å². The molecule has 0 spiro atoms. The van der Waals surface area contributed by atoms with Gasteiger partial charge in [0.25, 0.3) is 5.56 Å². The number of nitrogens with zero attached hydrogens (tertiary/aromatic N) is 5. The fraction of sp³-hybridized carbons (Fsp3) is 0.129. The minimum absolute atomic E-state index is 0.0265. The van der Waals surface area contributed by atoms with E-state index in [1.807, 2.05) is 6.07 Å². The Labute approximate surface area is 242 Å². The number of halogens is 3. The van der Waals surface area contributed by atoms with Gasteiger partial charge in [0, 0.05) is 5.69 Å². The number of hydrogen-bond acceptors (Lipinski definition) is 6. The summed E-state index contributed by atoms with van der Waals surface area (Å²) in [5.41, 5.74) is -1.33. The lowest BCUT2D eigenvalue weighted by molar-refractivity contribution is -0.145. The van der Waals surface area contributed by atoms with Crippen molar-refractivity contribution in [2.75, 3.05) is 0 Å². The second-order valence-corrected chi connectivity index (χ2v) is 9.45. The van der Waals surface area contributed by atoms with Gasteiger partial charge in [-0.1, -0.05) is 36.4 Å². The van der Waals surface area contributed by atoms with E-state index in [-0.39, 0.29) is 29.2 Å². The zero-order chi connectivity index (χ0) is 30.7. The van der Waals surface area contributed by atoms with E-state index in [0.717, 1.165) is 22.8 Å². The van der Waals surface area contributed by atoms with Crippen LogP contribution in [0.25, 0.3) is 22.6 Å². The second-order valence-electron chi connectivity index (χ2n) is 9.45. The van der Waals surface area contributed by atoms with Crippen molar-refractivity contribution in [2.45, 2.75) is 26.3 Å². The monoisotopic (exact) mass is 585 g/mol. The minimum Gasteiger partial charge on any atom is -0.459 e. The molecular weight excluding hydrogens is 563 g/mol. The minimum atomic E-state index is -4.69. The van der Waals surface area contributed by atoms with Crippen LogP contribution in [0.5, 0.6) is 0 Å². The predicted molar refractivity (Wildman–Crippen MR) is 150 cm³/mol. The first-order chi connectivity index (χ1) is 20.6. The number of esters is 1. The molecule has 0 bridgehead atoms. The Kier molecular flexibility index (Phi) is 7.81. The maximum atomic E-state index is 13.9. The van der Waals surface area contributed by atoms with E-state index >= 15 is 0 Å². The molecule has 5 aromatic rings. The average Bonchev–Trinajstić information content (AvgIpc) is 3.48. The third-order valence-corrected chi connectivity index (χ3v) is 6.68. The SMILES string of the molecule is Cc1c(-c2ccnn2-c2ccc(C#N)cc2)c(=O)n(CC(=O)OCc2ccccc2)c(=O)n1-c1cccc(C(F)(F)F)c1. The van der Waals surface area contributed by atoms with Crippen molar-refractivity contribution in [3.63, 3.8) is 0 Å². The van der Waals surface area contributed by atoms with Crippen molar-refractivity contribution >= 4 is 5.97 Å². The van der Waals surface area contributed by atoms with Crippen LogP contribution in [-0.2, 0) is 28.9 Å². The Morgan fingerprint density at radius 1 is 0.953 bits per heavy atom. The van der Waals surface area contributed by atoms with Crippen LogP contribution in [0.3, 0.4) is 0 Å². The zero-order valence-electron chi connectivity index (χ0n) is 22.6. The normalized spacial score (nSPS) is 11.2. The Morgan fingerprint density at radius 3 is 2.35 bits per heavy atom. The number of carbonyl (C=O) groups is 1. The van der Waals surface area contributed by atoms with E-state index in [2.05, 4.69) is 5.10 Å².